The van der Waals surface area contributed by atoms with E-state index in [-0.39, 0.29) is 6.04 Å². The maximum atomic E-state index is 12.7. The highest BCUT2D eigenvalue weighted by Gasteiger charge is 2.33. The van der Waals surface area contributed by atoms with Crippen LogP contribution in [0.2, 0.25) is 0 Å². The van der Waals surface area contributed by atoms with Gasteiger partial charge in [0.1, 0.15) is 0 Å². The van der Waals surface area contributed by atoms with E-state index in [0.717, 1.165) is 52.1 Å². The van der Waals surface area contributed by atoms with E-state index in [1.54, 1.807) is 0 Å². The molecule has 2 aliphatic rings. The van der Waals surface area contributed by atoms with Gasteiger partial charge in [-0.05, 0) is 24.9 Å². The highest BCUT2D eigenvalue weighted by atomic mass is 16.2. The zero-order valence-electron chi connectivity index (χ0n) is 11.9. The fraction of sp³-hybridized carbons (Fsp3) is 0.562. The van der Waals surface area contributed by atoms with Crippen molar-refractivity contribution in [1.29, 1.82) is 0 Å². The topological polar surface area (TPSA) is 35.6 Å². The molecule has 1 atom stereocenters. The van der Waals surface area contributed by atoms with E-state index in [1.165, 1.54) is 5.56 Å². The number of hydrogen-bond donors (Lipinski definition) is 1. The number of piperazine rings is 1. The normalized spacial score (nSPS) is 24.0. The van der Waals surface area contributed by atoms with Gasteiger partial charge >= 0.3 is 0 Å². The summed E-state index contributed by atoms with van der Waals surface area (Å²) in [5.74, 6) is 0.333. The van der Waals surface area contributed by atoms with Crippen LogP contribution in [0.5, 0.6) is 0 Å². The number of carbonyl (C=O) groups is 1. The van der Waals surface area contributed by atoms with Crippen molar-refractivity contribution in [1.82, 2.24) is 15.1 Å². The van der Waals surface area contributed by atoms with Gasteiger partial charge in [0.2, 0.25) is 5.91 Å². The first-order valence-corrected chi connectivity index (χ1v) is 7.62. The Hall–Kier alpha value is -1.39. The molecule has 1 amide bonds. The van der Waals surface area contributed by atoms with Crippen LogP contribution in [0.3, 0.4) is 0 Å². The molecule has 4 nitrogen and oxygen atoms in total. The number of hydrogen-bond acceptors (Lipinski definition) is 3. The van der Waals surface area contributed by atoms with E-state index in [1.807, 2.05) is 11.0 Å². The van der Waals surface area contributed by atoms with Gasteiger partial charge in [0, 0.05) is 32.7 Å². The summed E-state index contributed by atoms with van der Waals surface area (Å²) in [5.41, 5.74) is 1.30. The smallest absolute Gasteiger partial charge is 0.240 e. The Morgan fingerprint density at radius 3 is 2.65 bits per heavy atom. The lowest BCUT2D eigenvalue weighted by molar-refractivity contribution is -0.136. The Bertz CT molecular complexity index is 442. The number of likely N-dealkylation sites (tertiary alicyclic amines) is 1. The van der Waals surface area contributed by atoms with E-state index in [9.17, 15) is 4.79 Å². The van der Waals surface area contributed by atoms with E-state index in [4.69, 9.17) is 0 Å². The quantitative estimate of drug-likeness (QED) is 0.895. The van der Waals surface area contributed by atoms with Crippen LogP contribution in [0.25, 0.3) is 0 Å². The van der Waals surface area contributed by atoms with Crippen molar-refractivity contribution in [3.05, 3.63) is 35.9 Å². The van der Waals surface area contributed by atoms with E-state index in [2.05, 4.69) is 34.5 Å². The Kier molecular flexibility index (Phi) is 4.33. The van der Waals surface area contributed by atoms with Gasteiger partial charge in [-0.15, -0.1) is 0 Å². The monoisotopic (exact) mass is 273 g/mol. The average molecular weight is 273 g/mol. The van der Waals surface area contributed by atoms with Crippen LogP contribution < -0.4 is 5.32 Å². The Morgan fingerprint density at radius 1 is 1.15 bits per heavy atom. The fourth-order valence-electron chi connectivity index (χ4n) is 3.21. The van der Waals surface area contributed by atoms with Crippen molar-refractivity contribution >= 4 is 5.91 Å². The predicted molar refractivity (Wildman–Crippen MR) is 79.3 cm³/mol. The molecule has 2 aliphatic heterocycles. The average Bonchev–Trinajstić information content (AvgIpc) is 2.96. The van der Waals surface area contributed by atoms with Gasteiger partial charge in [-0.25, -0.2) is 0 Å². The second kappa shape index (κ2) is 6.37. The molecule has 1 aromatic rings. The molecule has 1 N–H and O–H groups in total. The van der Waals surface area contributed by atoms with Crippen molar-refractivity contribution in [3.63, 3.8) is 0 Å². The number of carbonyl (C=O) groups excluding carboxylic acids is 1. The summed E-state index contributed by atoms with van der Waals surface area (Å²) in [5, 5.41) is 3.30. The molecule has 2 fully saturated rings. The Balaban J connectivity index is 1.64. The molecule has 1 unspecified atom stereocenters. The highest BCUT2D eigenvalue weighted by molar-refractivity contribution is 5.82. The lowest BCUT2D eigenvalue weighted by atomic mass is 10.1. The number of nitrogens with one attached hydrogen (secondary N) is 1. The molecule has 0 radical (unpaired) electrons. The second-order valence-electron chi connectivity index (χ2n) is 5.69. The molecule has 1 aromatic carbocycles. The third-order valence-electron chi connectivity index (χ3n) is 4.31. The van der Waals surface area contributed by atoms with Crippen LogP contribution in [0.1, 0.15) is 18.4 Å². The van der Waals surface area contributed by atoms with Gasteiger partial charge in [0.05, 0.1) is 6.04 Å². The van der Waals surface area contributed by atoms with Crippen molar-refractivity contribution in [2.45, 2.75) is 25.4 Å². The van der Waals surface area contributed by atoms with Gasteiger partial charge < -0.3 is 10.2 Å². The molecular weight excluding hydrogens is 250 g/mol. The van der Waals surface area contributed by atoms with Crippen molar-refractivity contribution < 1.29 is 4.79 Å². The maximum Gasteiger partial charge on any atom is 0.240 e. The third-order valence-corrected chi connectivity index (χ3v) is 4.31. The number of benzene rings is 1. The second-order valence-corrected chi connectivity index (χ2v) is 5.69. The molecule has 2 heterocycles. The third kappa shape index (κ3) is 3.02. The minimum absolute atomic E-state index is 0.0910. The van der Waals surface area contributed by atoms with Crippen LogP contribution >= 0.6 is 0 Å². The van der Waals surface area contributed by atoms with Crippen LogP contribution in [-0.2, 0) is 11.3 Å². The van der Waals surface area contributed by atoms with Crippen LogP contribution in [0.4, 0.5) is 0 Å². The molecule has 4 heteroatoms. The van der Waals surface area contributed by atoms with Crippen LogP contribution in [0, 0.1) is 0 Å². The molecule has 108 valence electrons. The SMILES string of the molecule is O=C(C1CCCN1Cc1ccccc1)N1CCNCC1. The zero-order valence-corrected chi connectivity index (χ0v) is 11.9. The standard InChI is InChI=1S/C16H23N3O/c20-16(18-11-8-17-9-12-18)15-7-4-10-19(15)13-14-5-2-1-3-6-14/h1-3,5-6,15,17H,4,7-13H2. The van der Waals surface area contributed by atoms with Gasteiger partial charge in [-0.2, -0.15) is 0 Å². The summed E-state index contributed by atoms with van der Waals surface area (Å²) >= 11 is 0. The zero-order chi connectivity index (χ0) is 13.8. The van der Waals surface area contributed by atoms with Gasteiger partial charge in [0.25, 0.3) is 0 Å². The first kappa shape index (κ1) is 13.6. The Morgan fingerprint density at radius 2 is 1.90 bits per heavy atom. The first-order chi connectivity index (χ1) is 9.84. The Labute approximate surface area is 120 Å². The number of amides is 1. The van der Waals surface area contributed by atoms with E-state index < -0.39 is 0 Å². The molecule has 3 rings (SSSR count). The highest BCUT2D eigenvalue weighted by Crippen LogP contribution is 2.22. The molecule has 0 bridgehead atoms. The maximum absolute atomic E-state index is 12.7. The predicted octanol–water partition coefficient (Wildman–Crippen LogP) is 1.08. The number of nitrogens with zero attached hydrogens (tertiary/aromatic N) is 2. The fourth-order valence-corrected chi connectivity index (χ4v) is 3.21. The van der Waals surface area contributed by atoms with Gasteiger partial charge in [-0.3, -0.25) is 9.69 Å². The summed E-state index contributed by atoms with van der Waals surface area (Å²) in [6.07, 6.45) is 2.14. The summed E-state index contributed by atoms with van der Waals surface area (Å²) < 4.78 is 0. The lowest BCUT2D eigenvalue weighted by Crippen LogP contribution is -2.52. The first-order valence-electron chi connectivity index (χ1n) is 7.62. The van der Waals surface area contributed by atoms with E-state index >= 15 is 0 Å². The molecule has 0 spiro atoms. The molecular formula is C16H23N3O. The minimum atomic E-state index is 0.0910. The van der Waals surface area contributed by atoms with Gasteiger partial charge in [-0.1, -0.05) is 30.3 Å². The minimum Gasteiger partial charge on any atom is -0.339 e. The molecule has 0 aliphatic carbocycles. The van der Waals surface area contributed by atoms with Crippen LogP contribution in [0.15, 0.2) is 30.3 Å². The summed E-state index contributed by atoms with van der Waals surface area (Å²) in [6.45, 7) is 5.50. The molecule has 0 saturated carbocycles. The number of rotatable bonds is 3. The van der Waals surface area contributed by atoms with E-state index in [0.29, 0.717) is 5.91 Å². The van der Waals surface area contributed by atoms with Crippen molar-refractivity contribution in [2.75, 3.05) is 32.7 Å². The van der Waals surface area contributed by atoms with Crippen molar-refractivity contribution in [3.8, 4) is 0 Å². The summed E-state index contributed by atoms with van der Waals surface area (Å²) in [7, 11) is 0. The molecule has 0 aromatic heterocycles. The van der Waals surface area contributed by atoms with Crippen molar-refractivity contribution in [2.24, 2.45) is 0 Å². The molecule has 20 heavy (non-hydrogen) atoms. The largest absolute Gasteiger partial charge is 0.339 e. The lowest BCUT2D eigenvalue weighted by Gasteiger charge is -2.33. The molecule has 2 saturated heterocycles. The summed E-state index contributed by atoms with van der Waals surface area (Å²) in [6, 6.07) is 10.6. The van der Waals surface area contributed by atoms with Gasteiger partial charge in [0.15, 0.2) is 0 Å². The van der Waals surface area contributed by atoms with Crippen LogP contribution in [-0.4, -0.2) is 54.5 Å². The summed E-state index contributed by atoms with van der Waals surface area (Å²) in [4.78, 5) is 17.0.